The highest BCUT2D eigenvalue weighted by Crippen LogP contribution is 2.14. The molecule has 1 aliphatic heterocycles. The Morgan fingerprint density at radius 3 is 2.61 bits per heavy atom. The Hall–Kier alpha value is -1.59. The van der Waals surface area contributed by atoms with E-state index in [0.29, 0.717) is 18.2 Å². The Kier molecular flexibility index (Phi) is 6.42. The second-order valence-corrected chi connectivity index (χ2v) is 6.56. The number of hydrogen-bond donors (Lipinski definition) is 2. The first kappa shape index (κ1) is 17.8. The van der Waals surface area contributed by atoms with Gasteiger partial charge in [-0.3, -0.25) is 9.89 Å². The summed E-state index contributed by atoms with van der Waals surface area (Å²) in [6.07, 6.45) is 1.65. The molecule has 1 fully saturated rings. The zero-order valence-electron chi connectivity index (χ0n) is 14.8. The number of nitrogens with zero attached hydrogens (tertiary/aromatic N) is 2. The van der Waals surface area contributed by atoms with E-state index in [2.05, 4.69) is 55.0 Å². The fourth-order valence-electron chi connectivity index (χ4n) is 2.97. The van der Waals surface area contributed by atoms with Gasteiger partial charge in [0.2, 0.25) is 0 Å². The summed E-state index contributed by atoms with van der Waals surface area (Å²) >= 11 is 0. The molecule has 0 radical (unpaired) electrons. The summed E-state index contributed by atoms with van der Waals surface area (Å²) in [5, 5.41) is 3.16. The van der Waals surface area contributed by atoms with Crippen LogP contribution in [0, 0.1) is 13.8 Å². The maximum atomic E-state index is 5.96. The molecule has 3 N–H and O–H groups in total. The van der Waals surface area contributed by atoms with E-state index in [1.165, 1.54) is 11.1 Å². The van der Waals surface area contributed by atoms with Crippen LogP contribution in [0.25, 0.3) is 0 Å². The fraction of sp³-hybridized carbons (Fsp3) is 0.611. The van der Waals surface area contributed by atoms with Gasteiger partial charge in [-0.05, 0) is 57.4 Å². The van der Waals surface area contributed by atoms with Crippen LogP contribution in [0.4, 0.5) is 5.69 Å². The van der Waals surface area contributed by atoms with Crippen LogP contribution in [0.1, 0.15) is 31.4 Å². The first-order valence-electron chi connectivity index (χ1n) is 8.46. The Labute approximate surface area is 139 Å². The Bertz CT molecular complexity index is 534. The molecular weight excluding hydrogens is 288 g/mol. The average molecular weight is 318 g/mol. The molecule has 0 aliphatic carbocycles. The molecular formula is C18H30N4O. The van der Waals surface area contributed by atoms with Gasteiger partial charge in [0.25, 0.3) is 0 Å². The van der Waals surface area contributed by atoms with Gasteiger partial charge in [-0.2, -0.15) is 0 Å². The number of aliphatic imine (C=N–C) groups is 1. The third kappa shape index (κ3) is 5.84. The van der Waals surface area contributed by atoms with Crippen molar-refractivity contribution in [3.63, 3.8) is 0 Å². The van der Waals surface area contributed by atoms with E-state index in [4.69, 9.17) is 10.5 Å². The largest absolute Gasteiger partial charge is 0.373 e. The lowest BCUT2D eigenvalue weighted by atomic mass is 10.1. The number of anilines is 1. The zero-order valence-corrected chi connectivity index (χ0v) is 14.8. The van der Waals surface area contributed by atoms with E-state index in [9.17, 15) is 0 Å². The molecule has 0 bridgehead atoms. The summed E-state index contributed by atoms with van der Waals surface area (Å²) in [5.41, 5.74) is 9.48. The minimum atomic E-state index is 0.318. The summed E-state index contributed by atoms with van der Waals surface area (Å²) in [6.45, 7) is 12.2. The molecule has 0 spiro atoms. The van der Waals surface area contributed by atoms with Gasteiger partial charge in [-0.25, -0.2) is 0 Å². The van der Waals surface area contributed by atoms with Crippen LogP contribution in [0.5, 0.6) is 0 Å². The van der Waals surface area contributed by atoms with Gasteiger partial charge in [-0.1, -0.05) is 6.07 Å². The summed E-state index contributed by atoms with van der Waals surface area (Å²) in [5.74, 6) is 0.483. The molecule has 2 atom stereocenters. The predicted octanol–water partition coefficient (Wildman–Crippen LogP) is 2.53. The van der Waals surface area contributed by atoms with Gasteiger partial charge in [0, 0.05) is 31.9 Å². The molecule has 0 amide bonds. The van der Waals surface area contributed by atoms with Crippen LogP contribution < -0.4 is 11.1 Å². The summed E-state index contributed by atoms with van der Waals surface area (Å²) in [4.78, 5) is 6.87. The van der Waals surface area contributed by atoms with Gasteiger partial charge < -0.3 is 15.8 Å². The van der Waals surface area contributed by atoms with E-state index in [1.54, 1.807) is 0 Å². The standard InChI is InChI=1S/C18H30N4O/c1-13-6-7-17(10-14(13)2)21-18(19)20-8-5-9-22-11-15(3)23-16(4)12-22/h6-7,10,15-16H,5,8-9,11-12H2,1-4H3,(H3,19,20,21). The van der Waals surface area contributed by atoms with Gasteiger partial charge in [-0.15, -0.1) is 0 Å². The Morgan fingerprint density at radius 1 is 1.26 bits per heavy atom. The van der Waals surface area contributed by atoms with Crippen molar-refractivity contribution < 1.29 is 4.74 Å². The highest BCUT2D eigenvalue weighted by molar-refractivity contribution is 5.92. The number of aryl methyl sites for hydroxylation is 2. The Morgan fingerprint density at radius 2 is 1.96 bits per heavy atom. The molecule has 128 valence electrons. The number of benzene rings is 1. The van der Waals surface area contributed by atoms with Crippen molar-refractivity contribution in [3.05, 3.63) is 29.3 Å². The maximum Gasteiger partial charge on any atom is 0.193 e. The van der Waals surface area contributed by atoms with E-state index in [1.807, 2.05) is 6.07 Å². The van der Waals surface area contributed by atoms with Crippen molar-refractivity contribution in [1.82, 2.24) is 4.90 Å². The minimum Gasteiger partial charge on any atom is -0.373 e. The number of nitrogens with one attached hydrogen (secondary N) is 1. The Balaban J connectivity index is 1.73. The van der Waals surface area contributed by atoms with Crippen molar-refractivity contribution in [2.75, 3.05) is 31.5 Å². The van der Waals surface area contributed by atoms with Crippen molar-refractivity contribution in [1.29, 1.82) is 0 Å². The van der Waals surface area contributed by atoms with E-state index in [0.717, 1.165) is 38.3 Å². The van der Waals surface area contributed by atoms with Crippen molar-refractivity contribution in [3.8, 4) is 0 Å². The molecule has 0 aromatic heterocycles. The third-order valence-electron chi connectivity index (χ3n) is 4.19. The highest BCUT2D eigenvalue weighted by Gasteiger charge is 2.21. The highest BCUT2D eigenvalue weighted by atomic mass is 16.5. The molecule has 23 heavy (non-hydrogen) atoms. The van der Waals surface area contributed by atoms with Crippen LogP contribution in [-0.2, 0) is 4.74 Å². The number of guanidine groups is 1. The van der Waals surface area contributed by atoms with Gasteiger partial charge >= 0.3 is 0 Å². The van der Waals surface area contributed by atoms with Crippen molar-refractivity contribution >= 4 is 11.6 Å². The fourth-order valence-corrected chi connectivity index (χ4v) is 2.97. The molecule has 1 saturated heterocycles. The summed E-state index contributed by atoms with van der Waals surface area (Å²) in [6, 6.07) is 6.21. The number of nitrogens with two attached hydrogens (primary N) is 1. The molecule has 0 saturated carbocycles. The second-order valence-electron chi connectivity index (χ2n) is 6.56. The van der Waals surface area contributed by atoms with Crippen LogP contribution in [-0.4, -0.2) is 49.2 Å². The molecule has 1 aromatic rings. The first-order valence-corrected chi connectivity index (χ1v) is 8.46. The van der Waals surface area contributed by atoms with E-state index in [-0.39, 0.29) is 0 Å². The summed E-state index contributed by atoms with van der Waals surface area (Å²) in [7, 11) is 0. The molecule has 5 nitrogen and oxygen atoms in total. The number of hydrogen-bond acceptors (Lipinski definition) is 3. The average Bonchev–Trinajstić information content (AvgIpc) is 2.46. The number of morpholine rings is 1. The lowest BCUT2D eigenvalue weighted by molar-refractivity contribution is -0.0679. The van der Waals surface area contributed by atoms with Crippen molar-refractivity contribution in [2.24, 2.45) is 10.7 Å². The number of rotatable bonds is 5. The first-order chi connectivity index (χ1) is 10.9. The molecule has 1 heterocycles. The maximum absolute atomic E-state index is 5.96. The normalized spacial score (nSPS) is 23.0. The minimum absolute atomic E-state index is 0.318. The topological polar surface area (TPSA) is 62.9 Å². The smallest absolute Gasteiger partial charge is 0.193 e. The molecule has 2 unspecified atom stereocenters. The molecule has 5 heteroatoms. The molecule has 1 aromatic carbocycles. The predicted molar refractivity (Wildman–Crippen MR) is 97.1 cm³/mol. The monoisotopic (exact) mass is 318 g/mol. The molecule has 1 aliphatic rings. The van der Waals surface area contributed by atoms with Crippen LogP contribution in [0.3, 0.4) is 0 Å². The quantitative estimate of drug-likeness (QED) is 0.497. The summed E-state index contributed by atoms with van der Waals surface area (Å²) < 4.78 is 5.75. The lowest BCUT2D eigenvalue weighted by Gasteiger charge is -2.35. The van der Waals surface area contributed by atoms with Crippen LogP contribution >= 0.6 is 0 Å². The number of ether oxygens (including phenoxy) is 1. The van der Waals surface area contributed by atoms with Crippen LogP contribution in [0.15, 0.2) is 23.2 Å². The van der Waals surface area contributed by atoms with E-state index < -0.39 is 0 Å². The van der Waals surface area contributed by atoms with Crippen molar-refractivity contribution in [2.45, 2.75) is 46.3 Å². The van der Waals surface area contributed by atoms with Gasteiger partial charge in [0.1, 0.15) is 0 Å². The zero-order chi connectivity index (χ0) is 16.8. The van der Waals surface area contributed by atoms with E-state index >= 15 is 0 Å². The third-order valence-corrected chi connectivity index (χ3v) is 4.19. The lowest BCUT2D eigenvalue weighted by Crippen LogP contribution is -2.45. The van der Waals surface area contributed by atoms with Gasteiger partial charge in [0.15, 0.2) is 5.96 Å². The molecule has 2 rings (SSSR count). The second kappa shape index (κ2) is 8.31. The van der Waals surface area contributed by atoms with Gasteiger partial charge in [0.05, 0.1) is 12.2 Å². The van der Waals surface area contributed by atoms with Crippen LogP contribution in [0.2, 0.25) is 0 Å². The SMILES string of the molecule is Cc1ccc(NC(N)=NCCCN2CC(C)OC(C)C2)cc1C.